The number of hydrogen-bond donors (Lipinski definition) is 1. The minimum Gasteiger partial charge on any atom is -0.487 e. The Morgan fingerprint density at radius 2 is 1.91 bits per heavy atom. The molecular formula is C25H28ClF2NO3. The highest BCUT2D eigenvalue weighted by atomic mass is 35.5. The number of halogens is 3. The second kappa shape index (κ2) is 8.99. The zero-order valence-electron chi connectivity index (χ0n) is 18.3. The molecule has 2 aliphatic heterocycles. The predicted octanol–water partition coefficient (Wildman–Crippen LogP) is 5.80. The summed E-state index contributed by atoms with van der Waals surface area (Å²) in [6.45, 7) is 5.10. The third-order valence-corrected chi connectivity index (χ3v) is 7.40. The number of benzene rings is 2. The van der Waals surface area contributed by atoms with E-state index >= 15 is 0 Å². The van der Waals surface area contributed by atoms with Crippen molar-refractivity contribution < 1.29 is 23.4 Å². The van der Waals surface area contributed by atoms with Crippen LogP contribution in [0, 0.1) is 17.6 Å². The van der Waals surface area contributed by atoms with Crippen molar-refractivity contribution in [2.45, 2.75) is 57.6 Å². The fourth-order valence-electron chi connectivity index (χ4n) is 4.86. The number of piperidine rings is 1. The Labute approximate surface area is 192 Å². The van der Waals surface area contributed by atoms with Gasteiger partial charge >= 0.3 is 5.97 Å². The van der Waals surface area contributed by atoms with Gasteiger partial charge in [0.05, 0.1) is 10.9 Å². The molecule has 2 aromatic carbocycles. The quantitative estimate of drug-likeness (QED) is 0.569. The third kappa shape index (κ3) is 4.62. The Balaban J connectivity index is 1.45. The molecule has 0 radical (unpaired) electrons. The van der Waals surface area contributed by atoms with E-state index in [0.29, 0.717) is 12.0 Å². The summed E-state index contributed by atoms with van der Waals surface area (Å²) in [6, 6.07) is 7.94. The van der Waals surface area contributed by atoms with Crippen molar-refractivity contribution in [3.8, 4) is 5.75 Å². The summed E-state index contributed by atoms with van der Waals surface area (Å²) in [4.78, 5) is 13.4. The van der Waals surface area contributed by atoms with Crippen molar-refractivity contribution in [1.82, 2.24) is 4.90 Å². The maximum Gasteiger partial charge on any atom is 0.306 e. The Morgan fingerprint density at radius 3 is 2.59 bits per heavy atom. The smallest absolute Gasteiger partial charge is 0.306 e. The zero-order valence-corrected chi connectivity index (χ0v) is 19.1. The lowest BCUT2D eigenvalue weighted by Crippen LogP contribution is -2.50. The van der Waals surface area contributed by atoms with Crippen molar-refractivity contribution >= 4 is 17.6 Å². The van der Waals surface area contributed by atoms with Gasteiger partial charge in [-0.1, -0.05) is 30.7 Å². The Kier molecular flexibility index (Phi) is 6.46. The molecule has 0 saturated carbocycles. The van der Waals surface area contributed by atoms with Crippen molar-refractivity contribution in [3.05, 3.63) is 63.7 Å². The van der Waals surface area contributed by atoms with Crippen LogP contribution in [0.5, 0.6) is 5.75 Å². The Morgan fingerprint density at radius 1 is 1.19 bits per heavy atom. The molecule has 172 valence electrons. The zero-order chi connectivity index (χ0) is 23.0. The Hall–Kier alpha value is -2.18. The van der Waals surface area contributed by atoms with Gasteiger partial charge in [0, 0.05) is 25.2 Å². The minimum absolute atomic E-state index is 0.0230. The first-order valence-electron chi connectivity index (χ1n) is 11.1. The highest BCUT2D eigenvalue weighted by Crippen LogP contribution is 2.42. The summed E-state index contributed by atoms with van der Waals surface area (Å²) in [5.41, 5.74) is 2.31. The summed E-state index contributed by atoms with van der Waals surface area (Å²) >= 11 is 6.12. The van der Waals surface area contributed by atoms with Gasteiger partial charge in [0.15, 0.2) is 0 Å². The van der Waals surface area contributed by atoms with E-state index in [1.54, 1.807) is 6.92 Å². The summed E-state index contributed by atoms with van der Waals surface area (Å²) in [6.07, 6.45) is 3.92. The van der Waals surface area contributed by atoms with Crippen molar-refractivity contribution in [2.75, 3.05) is 13.1 Å². The lowest BCUT2D eigenvalue weighted by atomic mass is 9.82. The van der Waals surface area contributed by atoms with Crippen LogP contribution in [0.2, 0.25) is 5.02 Å². The van der Waals surface area contributed by atoms with Crippen LogP contribution < -0.4 is 4.74 Å². The van der Waals surface area contributed by atoms with Crippen LogP contribution in [0.1, 0.15) is 55.8 Å². The van der Waals surface area contributed by atoms with E-state index in [2.05, 4.69) is 4.90 Å². The summed E-state index contributed by atoms with van der Waals surface area (Å²) in [7, 11) is 0. The van der Waals surface area contributed by atoms with Crippen molar-refractivity contribution in [2.24, 2.45) is 5.92 Å². The molecule has 2 atom stereocenters. The number of likely N-dealkylation sites (tertiary alicyclic amines) is 1. The molecule has 0 aromatic heterocycles. The topological polar surface area (TPSA) is 49.8 Å². The SMILES string of the molecule is CC(Cc1ccc2c(c1)OC1(CC2)CCN(C(C)c2cc(F)cc(F)c2Cl)CC1)C(=O)O. The average Bonchev–Trinajstić information content (AvgIpc) is 2.76. The van der Waals surface area contributed by atoms with Gasteiger partial charge < -0.3 is 9.84 Å². The van der Waals surface area contributed by atoms with Crippen LogP contribution in [-0.2, 0) is 17.6 Å². The molecule has 1 saturated heterocycles. The standard InChI is InChI=1S/C25H28ClF2NO3/c1-15(24(30)31)11-17-3-4-18-5-6-25(32-22(18)12-17)7-9-29(10-8-25)16(2)20-13-19(27)14-21(28)23(20)26/h3-4,12-16H,5-11H2,1-2H3,(H,30,31). The van der Waals surface area contributed by atoms with Gasteiger partial charge in [-0.3, -0.25) is 9.69 Å². The number of aryl methyl sites for hydroxylation is 1. The van der Waals surface area contributed by atoms with Crippen molar-refractivity contribution in [3.63, 3.8) is 0 Å². The highest BCUT2D eigenvalue weighted by Gasteiger charge is 2.40. The molecule has 2 unspecified atom stereocenters. The number of rotatable bonds is 5. The molecule has 0 aliphatic carbocycles. The number of fused-ring (bicyclic) bond motifs is 1. The molecular weight excluding hydrogens is 436 g/mol. The first-order chi connectivity index (χ1) is 15.2. The van der Waals surface area contributed by atoms with Gasteiger partial charge in [-0.25, -0.2) is 8.78 Å². The van der Waals surface area contributed by atoms with E-state index in [9.17, 15) is 18.7 Å². The number of ether oxygens (including phenoxy) is 1. The normalized spacial score (nSPS) is 19.8. The van der Waals surface area contributed by atoms with E-state index in [-0.39, 0.29) is 16.7 Å². The Bertz CT molecular complexity index is 1020. The van der Waals surface area contributed by atoms with E-state index in [0.717, 1.165) is 61.7 Å². The minimum atomic E-state index is -0.806. The first kappa shape index (κ1) is 23.0. The predicted molar refractivity (Wildman–Crippen MR) is 119 cm³/mol. The molecule has 4 nitrogen and oxygen atoms in total. The maximum atomic E-state index is 13.9. The largest absolute Gasteiger partial charge is 0.487 e. The fourth-order valence-corrected chi connectivity index (χ4v) is 5.13. The second-order valence-electron chi connectivity index (χ2n) is 9.17. The molecule has 1 N–H and O–H groups in total. The molecule has 2 heterocycles. The van der Waals surface area contributed by atoms with E-state index < -0.39 is 23.5 Å². The van der Waals surface area contributed by atoms with Crippen LogP contribution in [0.4, 0.5) is 8.78 Å². The summed E-state index contributed by atoms with van der Waals surface area (Å²) < 4.78 is 34.2. The highest BCUT2D eigenvalue weighted by molar-refractivity contribution is 6.31. The van der Waals surface area contributed by atoms with Gasteiger partial charge in [0.1, 0.15) is 23.0 Å². The number of carbonyl (C=O) groups is 1. The number of carboxylic acid groups (broad SMARTS) is 1. The van der Waals surface area contributed by atoms with Crippen LogP contribution >= 0.6 is 11.6 Å². The van der Waals surface area contributed by atoms with Crippen LogP contribution in [-0.4, -0.2) is 34.7 Å². The fraction of sp³-hybridized carbons (Fsp3) is 0.480. The van der Waals surface area contributed by atoms with Crippen LogP contribution in [0.3, 0.4) is 0 Å². The molecule has 4 rings (SSSR count). The van der Waals surface area contributed by atoms with Gasteiger partial charge in [-0.05, 0) is 67.9 Å². The van der Waals surface area contributed by atoms with Gasteiger partial charge in [0.25, 0.3) is 0 Å². The number of hydrogen-bond acceptors (Lipinski definition) is 3. The molecule has 0 amide bonds. The van der Waals surface area contributed by atoms with Crippen molar-refractivity contribution in [1.29, 1.82) is 0 Å². The summed E-state index contributed by atoms with van der Waals surface area (Å²) in [5, 5.41) is 9.17. The third-order valence-electron chi connectivity index (χ3n) is 7.00. The maximum absolute atomic E-state index is 13.9. The van der Waals surface area contributed by atoms with E-state index in [1.165, 1.54) is 6.07 Å². The molecule has 2 aliphatic rings. The molecule has 0 bridgehead atoms. The summed E-state index contributed by atoms with van der Waals surface area (Å²) in [5.74, 6) is -1.76. The number of aliphatic carboxylic acids is 1. The van der Waals surface area contributed by atoms with Crippen LogP contribution in [0.15, 0.2) is 30.3 Å². The second-order valence-corrected chi connectivity index (χ2v) is 9.55. The van der Waals surface area contributed by atoms with Gasteiger partial charge in [-0.2, -0.15) is 0 Å². The molecule has 32 heavy (non-hydrogen) atoms. The molecule has 2 aromatic rings. The number of nitrogens with zero attached hydrogens (tertiary/aromatic N) is 1. The monoisotopic (exact) mass is 463 g/mol. The molecule has 1 fully saturated rings. The number of carboxylic acids is 1. The van der Waals surface area contributed by atoms with Gasteiger partial charge in [-0.15, -0.1) is 0 Å². The molecule has 7 heteroatoms. The molecule has 1 spiro atoms. The first-order valence-corrected chi connectivity index (χ1v) is 11.5. The van der Waals surface area contributed by atoms with Crippen LogP contribution in [0.25, 0.3) is 0 Å². The van der Waals surface area contributed by atoms with E-state index in [4.69, 9.17) is 16.3 Å². The lowest BCUT2D eigenvalue weighted by Gasteiger charge is -2.46. The van der Waals surface area contributed by atoms with E-state index in [1.807, 2.05) is 25.1 Å². The van der Waals surface area contributed by atoms with Gasteiger partial charge in [0.2, 0.25) is 0 Å². The average molecular weight is 464 g/mol. The lowest BCUT2D eigenvalue weighted by molar-refractivity contribution is -0.141.